The highest BCUT2D eigenvalue weighted by molar-refractivity contribution is 7.92. The Morgan fingerprint density at radius 1 is 1.11 bits per heavy atom. The molecule has 0 spiro atoms. The average molecular weight is 423 g/mol. The minimum absolute atomic E-state index is 0.0211. The highest BCUT2D eigenvalue weighted by Gasteiger charge is 2.19. The van der Waals surface area contributed by atoms with E-state index in [1.54, 1.807) is 17.0 Å². The molecule has 3 rings (SSSR count). The number of anilines is 1. The fraction of sp³-hybridized carbons (Fsp3) is 0.350. The van der Waals surface area contributed by atoms with Gasteiger partial charge in [-0.05, 0) is 56.5 Å². The predicted molar refractivity (Wildman–Crippen MR) is 109 cm³/mol. The van der Waals surface area contributed by atoms with Crippen molar-refractivity contribution in [2.24, 2.45) is 0 Å². The number of aryl methyl sites for hydroxylation is 1. The molecule has 0 bridgehead atoms. The van der Waals surface area contributed by atoms with Crippen molar-refractivity contribution in [3.05, 3.63) is 53.1 Å². The van der Waals surface area contributed by atoms with E-state index in [1.807, 2.05) is 19.1 Å². The lowest BCUT2D eigenvalue weighted by Gasteiger charge is -2.26. The summed E-state index contributed by atoms with van der Waals surface area (Å²) in [7, 11) is -3.78. The Hall–Kier alpha value is -2.25. The summed E-state index contributed by atoms with van der Waals surface area (Å²) in [5.41, 5.74) is 1.50. The Kier molecular flexibility index (Phi) is 6.46. The van der Waals surface area contributed by atoms with Crippen LogP contribution in [0.1, 0.15) is 24.8 Å². The first-order chi connectivity index (χ1) is 13.3. The second-order valence-corrected chi connectivity index (χ2v) is 8.88. The van der Waals surface area contributed by atoms with E-state index in [0.717, 1.165) is 37.9 Å². The van der Waals surface area contributed by atoms with Crippen LogP contribution in [-0.4, -0.2) is 38.9 Å². The number of halogens is 1. The average Bonchev–Trinajstić information content (AvgIpc) is 2.69. The third kappa shape index (κ3) is 5.17. The largest absolute Gasteiger partial charge is 0.482 e. The van der Waals surface area contributed by atoms with E-state index in [4.69, 9.17) is 16.3 Å². The molecule has 0 unspecified atom stereocenters. The fourth-order valence-corrected chi connectivity index (χ4v) is 4.36. The molecule has 28 heavy (non-hydrogen) atoms. The minimum atomic E-state index is -3.78. The second kappa shape index (κ2) is 8.84. The van der Waals surface area contributed by atoms with Crippen LogP contribution in [0, 0.1) is 6.92 Å². The number of carbonyl (C=O) groups excluding carboxylic acids is 1. The van der Waals surface area contributed by atoms with Gasteiger partial charge in [-0.3, -0.25) is 9.52 Å². The van der Waals surface area contributed by atoms with Gasteiger partial charge in [0, 0.05) is 18.8 Å². The van der Waals surface area contributed by atoms with Crippen molar-refractivity contribution >= 4 is 33.2 Å². The fourth-order valence-electron chi connectivity index (χ4n) is 2.98. The Bertz CT molecular complexity index is 939. The molecular formula is C20H23ClN2O4S. The molecule has 1 N–H and O–H groups in total. The van der Waals surface area contributed by atoms with Crippen LogP contribution < -0.4 is 9.46 Å². The number of amides is 1. The summed E-state index contributed by atoms with van der Waals surface area (Å²) in [6.45, 7) is 3.30. The third-order valence-corrected chi connectivity index (χ3v) is 6.25. The number of hydrogen-bond acceptors (Lipinski definition) is 4. The molecule has 0 radical (unpaired) electrons. The lowest BCUT2D eigenvalue weighted by molar-refractivity contribution is -0.134. The van der Waals surface area contributed by atoms with Gasteiger partial charge in [0.05, 0.1) is 9.92 Å². The maximum absolute atomic E-state index is 12.6. The minimum Gasteiger partial charge on any atom is -0.482 e. The Morgan fingerprint density at radius 2 is 1.79 bits per heavy atom. The van der Waals surface area contributed by atoms with Gasteiger partial charge in [-0.15, -0.1) is 0 Å². The molecule has 150 valence electrons. The van der Waals surface area contributed by atoms with Crippen molar-refractivity contribution in [1.29, 1.82) is 0 Å². The van der Waals surface area contributed by atoms with E-state index in [-0.39, 0.29) is 28.2 Å². The number of benzene rings is 2. The van der Waals surface area contributed by atoms with Crippen molar-refractivity contribution < 1.29 is 17.9 Å². The van der Waals surface area contributed by atoms with Crippen LogP contribution in [0.15, 0.2) is 47.4 Å². The zero-order valence-electron chi connectivity index (χ0n) is 15.7. The van der Waals surface area contributed by atoms with Crippen molar-refractivity contribution in [3.63, 3.8) is 0 Å². The number of nitrogens with one attached hydrogen (secondary N) is 1. The standard InChI is InChI=1S/C20H23ClN2O4S/c1-15-5-7-16(8-6-15)22-28(25,26)17-9-10-19(18(21)13-17)27-14-20(24)23-11-3-2-4-12-23/h5-10,13,22H,2-4,11-12,14H2,1H3. The Morgan fingerprint density at radius 3 is 2.43 bits per heavy atom. The summed E-state index contributed by atoms with van der Waals surface area (Å²) in [5.74, 6) is 0.190. The van der Waals surface area contributed by atoms with Gasteiger partial charge in [0.2, 0.25) is 0 Å². The normalized spacial score (nSPS) is 14.6. The maximum atomic E-state index is 12.6. The number of sulfonamides is 1. The first kappa shape index (κ1) is 20.5. The van der Waals surface area contributed by atoms with Crippen molar-refractivity contribution in [2.45, 2.75) is 31.1 Å². The van der Waals surface area contributed by atoms with Crippen LogP contribution in [0.2, 0.25) is 5.02 Å². The molecule has 0 saturated carbocycles. The number of hydrogen-bond donors (Lipinski definition) is 1. The van der Waals surface area contributed by atoms with E-state index >= 15 is 0 Å². The van der Waals surface area contributed by atoms with Crippen molar-refractivity contribution in [3.8, 4) is 5.75 Å². The third-order valence-electron chi connectivity index (χ3n) is 4.58. The molecule has 1 amide bonds. The summed E-state index contributed by atoms with van der Waals surface area (Å²) in [6, 6.07) is 11.2. The van der Waals surface area contributed by atoms with Crippen LogP contribution in [0.5, 0.6) is 5.75 Å². The Labute approximate surface area is 170 Å². The maximum Gasteiger partial charge on any atom is 0.261 e. The Balaban J connectivity index is 1.65. The SMILES string of the molecule is Cc1ccc(NS(=O)(=O)c2ccc(OCC(=O)N3CCCCC3)c(Cl)c2)cc1. The van der Waals surface area contributed by atoms with Gasteiger partial charge in [-0.25, -0.2) is 8.42 Å². The van der Waals surface area contributed by atoms with Crippen LogP contribution in [0.25, 0.3) is 0 Å². The molecule has 1 aliphatic rings. The highest BCUT2D eigenvalue weighted by atomic mass is 35.5. The molecule has 0 aliphatic carbocycles. The number of rotatable bonds is 6. The summed E-state index contributed by atoms with van der Waals surface area (Å²) in [4.78, 5) is 14.0. The van der Waals surface area contributed by atoms with Gasteiger partial charge in [-0.1, -0.05) is 29.3 Å². The monoisotopic (exact) mass is 422 g/mol. The van der Waals surface area contributed by atoms with Gasteiger partial charge in [-0.2, -0.15) is 0 Å². The molecule has 1 aliphatic heterocycles. The second-order valence-electron chi connectivity index (χ2n) is 6.79. The van der Waals surface area contributed by atoms with E-state index in [0.29, 0.717) is 5.69 Å². The molecule has 2 aromatic rings. The van der Waals surface area contributed by atoms with Gasteiger partial charge < -0.3 is 9.64 Å². The molecule has 1 saturated heterocycles. The van der Waals surface area contributed by atoms with Crippen LogP contribution in [0.4, 0.5) is 5.69 Å². The van der Waals surface area contributed by atoms with Crippen molar-refractivity contribution in [2.75, 3.05) is 24.4 Å². The first-order valence-corrected chi connectivity index (χ1v) is 11.0. The van der Waals surface area contributed by atoms with Crippen molar-refractivity contribution in [1.82, 2.24) is 4.90 Å². The molecule has 0 aromatic heterocycles. The van der Waals surface area contributed by atoms with Crippen LogP contribution in [0.3, 0.4) is 0 Å². The number of ether oxygens (including phenoxy) is 1. The molecule has 1 fully saturated rings. The molecule has 6 nitrogen and oxygen atoms in total. The predicted octanol–water partition coefficient (Wildman–Crippen LogP) is 3.84. The summed E-state index contributed by atoms with van der Waals surface area (Å²) >= 11 is 6.19. The number of nitrogens with zero attached hydrogens (tertiary/aromatic N) is 1. The van der Waals surface area contributed by atoms with E-state index in [1.165, 1.54) is 18.2 Å². The number of carbonyl (C=O) groups is 1. The van der Waals surface area contributed by atoms with Gasteiger partial charge in [0.25, 0.3) is 15.9 Å². The zero-order chi connectivity index (χ0) is 20.1. The number of piperidine rings is 1. The highest BCUT2D eigenvalue weighted by Crippen LogP contribution is 2.28. The van der Waals surface area contributed by atoms with E-state index < -0.39 is 10.0 Å². The summed E-state index contributed by atoms with van der Waals surface area (Å²) < 4.78 is 33.1. The van der Waals surface area contributed by atoms with E-state index in [2.05, 4.69) is 4.72 Å². The van der Waals surface area contributed by atoms with Gasteiger partial charge in [0.1, 0.15) is 5.75 Å². The van der Waals surface area contributed by atoms with Crippen LogP contribution >= 0.6 is 11.6 Å². The van der Waals surface area contributed by atoms with Gasteiger partial charge in [0.15, 0.2) is 6.61 Å². The van der Waals surface area contributed by atoms with E-state index in [9.17, 15) is 13.2 Å². The first-order valence-electron chi connectivity index (χ1n) is 9.15. The van der Waals surface area contributed by atoms with Crippen LogP contribution in [-0.2, 0) is 14.8 Å². The topological polar surface area (TPSA) is 75.7 Å². The molecule has 0 atom stereocenters. The molecule has 1 heterocycles. The zero-order valence-corrected chi connectivity index (χ0v) is 17.2. The summed E-state index contributed by atoms with van der Waals surface area (Å²) in [5, 5.41) is 0.137. The lowest BCUT2D eigenvalue weighted by atomic mass is 10.1. The smallest absolute Gasteiger partial charge is 0.261 e. The molecule has 8 heteroatoms. The lowest BCUT2D eigenvalue weighted by Crippen LogP contribution is -2.38. The van der Waals surface area contributed by atoms with Gasteiger partial charge >= 0.3 is 0 Å². The number of likely N-dealkylation sites (tertiary alicyclic amines) is 1. The quantitative estimate of drug-likeness (QED) is 0.767. The molecule has 2 aromatic carbocycles. The molecular weight excluding hydrogens is 400 g/mol. The summed E-state index contributed by atoms with van der Waals surface area (Å²) in [6.07, 6.45) is 3.16.